The summed E-state index contributed by atoms with van der Waals surface area (Å²) in [5.74, 6) is 0. The van der Waals surface area contributed by atoms with E-state index in [1.807, 2.05) is 30.3 Å². The molecule has 0 bridgehead atoms. The van der Waals surface area contributed by atoms with Crippen LogP contribution in [0.5, 0.6) is 0 Å². The van der Waals surface area contributed by atoms with E-state index in [1.54, 1.807) is 6.21 Å². The molecule has 2 aromatic rings. The zero-order chi connectivity index (χ0) is 13.7. The zero-order valence-corrected chi connectivity index (χ0v) is 10.7. The minimum absolute atomic E-state index is 0.148. The highest BCUT2D eigenvalue weighted by molar-refractivity contribution is 7.85. The Hall–Kier alpha value is -2.18. The van der Waals surface area contributed by atoms with E-state index >= 15 is 0 Å². The molecule has 0 saturated heterocycles. The summed E-state index contributed by atoms with van der Waals surface area (Å²) >= 11 is 0. The van der Waals surface area contributed by atoms with E-state index in [0.717, 1.165) is 5.56 Å². The number of anilines is 1. The van der Waals surface area contributed by atoms with Crippen molar-refractivity contribution in [3.8, 4) is 0 Å². The monoisotopic (exact) mass is 276 g/mol. The van der Waals surface area contributed by atoms with Gasteiger partial charge in [-0.15, -0.1) is 0 Å². The molecule has 19 heavy (non-hydrogen) atoms. The number of hydrazone groups is 1. The minimum atomic E-state index is -4.15. The molecular formula is C13H12N2O3S. The first-order chi connectivity index (χ1) is 9.05. The molecule has 0 aromatic heterocycles. The number of rotatable bonds is 4. The Bertz CT molecular complexity index is 665. The zero-order valence-electron chi connectivity index (χ0n) is 9.89. The molecule has 0 aliphatic carbocycles. The maximum Gasteiger partial charge on any atom is 0.294 e. The Morgan fingerprint density at radius 2 is 1.63 bits per heavy atom. The lowest BCUT2D eigenvalue weighted by Gasteiger charge is -2.01. The SMILES string of the molecule is O=S(=O)(O)c1ccc(N/N=C/c2ccccc2)cc1. The fourth-order valence-corrected chi connectivity index (χ4v) is 1.90. The Labute approximate surface area is 111 Å². The summed E-state index contributed by atoms with van der Waals surface area (Å²) in [7, 11) is -4.15. The second-order valence-electron chi connectivity index (χ2n) is 3.78. The lowest BCUT2D eigenvalue weighted by atomic mass is 10.2. The second-order valence-corrected chi connectivity index (χ2v) is 5.20. The third kappa shape index (κ3) is 3.90. The first-order valence-corrected chi connectivity index (χ1v) is 6.91. The lowest BCUT2D eigenvalue weighted by molar-refractivity contribution is 0.483. The number of nitrogens with zero attached hydrogens (tertiary/aromatic N) is 1. The highest BCUT2D eigenvalue weighted by atomic mass is 32.2. The van der Waals surface area contributed by atoms with Crippen molar-refractivity contribution in [2.45, 2.75) is 4.90 Å². The van der Waals surface area contributed by atoms with Gasteiger partial charge in [-0.2, -0.15) is 13.5 Å². The van der Waals surface area contributed by atoms with Gasteiger partial charge in [-0.05, 0) is 29.8 Å². The van der Waals surface area contributed by atoms with Crippen LogP contribution in [-0.2, 0) is 10.1 Å². The van der Waals surface area contributed by atoms with E-state index in [-0.39, 0.29) is 4.90 Å². The fraction of sp³-hybridized carbons (Fsp3) is 0. The number of hydrogen-bond donors (Lipinski definition) is 2. The molecule has 0 atom stereocenters. The third-order valence-corrected chi connectivity index (χ3v) is 3.23. The van der Waals surface area contributed by atoms with Crippen LogP contribution < -0.4 is 5.43 Å². The quantitative estimate of drug-likeness (QED) is 0.510. The van der Waals surface area contributed by atoms with Gasteiger partial charge in [0.2, 0.25) is 0 Å². The second kappa shape index (κ2) is 5.64. The standard InChI is InChI=1S/C13H12N2O3S/c16-19(17,18)13-8-6-12(7-9-13)15-14-10-11-4-2-1-3-5-11/h1-10,15H,(H,16,17,18)/b14-10+. The summed E-state index contributed by atoms with van der Waals surface area (Å²) in [5.41, 5.74) is 4.34. The molecule has 0 unspecified atom stereocenters. The van der Waals surface area contributed by atoms with Crippen LogP contribution in [0.1, 0.15) is 5.56 Å². The lowest BCUT2D eigenvalue weighted by Crippen LogP contribution is -1.98. The highest BCUT2D eigenvalue weighted by Crippen LogP contribution is 2.13. The van der Waals surface area contributed by atoms with Crippen molar-refractivity contribution in [2.75, 3.05) is 5.43 Å². The average Bonchev–Trinajstić information content (AvgIpc) is 2.39. The first kappa shape index (κ1) is 13.3. The minimum Gasteiger partial charge on any atom is -0.282 e. The number of nitrogens with one attached hydrogen (secondary N) is 1. The predicted octanol–water partition coefficient (Wildman–Crippen LogP) is 2.38. The van der Waals surface area contributed by atoms with Crippen molar-refractivity contribution in [2.24, 2.45) is 5.10 Å². The van der Waals surface area contributed by atoms with E-state index < -0.39 is 10.1 Å². The summed E-state index contributed by atoms with van der Waals surface area (Å²) in [6, 6.07) is 15.2. The van der Waals surface area contributed by atoms with Crippen LogP contribution >= 0.6 is 0 Å². The van der Waals surface area contributed by atoms with Crippen LogP contribution in [0.2, 0.25) is 0 Å². The van der Waals surface area contributed by atoms with Gasteiger partial charge < -0.3 is 0 Å². The smallest absolute Gasteiger partial charge is 0.282 e. The molecule has 6 heteroatoms. The molecule has 0 aliphatic rings. The van der Waals surface area contributed by atoms with Crippen molar-refractivity contribution in [1.82, 2.24) is 0 Å². The first-order valence-electron chi connectivity index (χ1n) is 5.47. The van der Waals surface area contributed by atoms with Crippen molar-refractivity contribution >= 4 is 22.0 Å². The number of benzene rings is 2. The van der Waals surface area contributed by atoms with Crippen LogP contribution in [-0.4, -0.2) is 19.2 Å². The highest BCUT2D eigenvalue weighted by Gasteiger charge is 2.07. The van der Waals surface area contributed by atoms with Gasteiger partial charge in [0.05, 0.1) is 16.8 Å². The maximum absolute atomic E-state index is 10.8. The molecule has 2 aromatic carbocycles. The molecule has 2 rings (SSSR count). The molecule has 0 amide bonds. The van der Waals surface area contributed by atoms with Crippen LogP contribution in [0, 0.1) is 0 Å². The predicted molar refractivity (Wildman–Crippen MR) is 73.9 cm³/mol. The number of hydrogen-bond acceptors (Lipinski definition) is 4. The molecule has 0 heterocycles. The Morgan fingerprint density at radius 3 is 2.21 bits per heavy atom. The van der Waals surface area contributed by atoms with E-state index in [4.69, 9.17) is 4.55 Å². The Kier molecular flexibility index (Phi) is 3.94. The van der Waals surface area contributed by atoms with Crippen LogP contribution in [0.25, 0.3) is 0 Å². The summed E-state index contributed by atoms with van der Waals surface area (Å²) in [5, 5.41) is 4.02. The average molecular weight is 276 g/mol. The van der Waals surface area contributed by atoms with Gasteiger partial charge in [0.25, 0.3) is 10.1 Å². The molecule has 2 N–H and O–H groups in total. The summed E-state index contributed by atoms with van der Waals surface area (Å²) in [4.78, 5) is -0.148. The maximum atomic E-state index is 10.8. The largest absolute Gasteiger partial charge is 0.294 e. The van der Waals surface area contributed by atoms with Gasteiger partial charge in [-0.3, -0.25) is 9.98 Å². The van der Waals surface area contributed by atoms with Crippen molar-refractivity contribution in [1.29, 1.82) is 0 Å². The van der Waals surface area contributed by atoms with Gasteiger partial charge in [0, 0.05) is 0 Å². The van der Waals surface area contributed by atoms with Crippen LogP contribution in [0.15, 0.2) is 64.6 Å². The summed E-state index contributed by atoms with van der Waals surface area (Å²) in [6.07, 6.45) is 1.65. The molecule has 98 valence electrons. The van der Waals surface area contributed by atoms with Gasteiger partial charge in [-0.25, -0.2) is 0 Å². The normalized spacial score (nSPS) is 11.6. The van der Waals surface area contributed by atoms with Gasteiger partial charge in [0.15, 0.2) is 0 Å². The van der Waals surface area contributed by atoms with E-state index in [1.165, 1.54) is 24.3 Å². The topological polar surface area (TPSA) is 78.8 Å². The van der Waals surface area contributed by atoms with Crippen LogP contribution in [0.3, 0.4) is 0 Å². The van der Waals surface area contributed by atoms with Crippen molar-refractivity contribution < 1.29 is 13.0 Å². The molecule has 5 nitrogen and oxygen atoms in total. The summed E-state index contributed by atoms with van der Waals surface area (Å²) < 4.78 is 30.5. The molecule has 0 radical (unpaired) electrons. The van der Waals surface area contributed by atoms with E-state index in [9.17, 15) is 8.42 Å². The van der Waals surface area contributed by atoms with E-state index in [2.05, 4.69) is 10.5 Å². The van der Waals surface area contributed by atoms with E-state index in [0.29, 0.717) is 5.69 Å². The molecule has 0 spiro atoms. The molecule has 0 saturated carbocycles. The molecule has 0 aliphatic heterocycles. The van der Waals surface area contributed by atoms with Crippen LogP contribution in [0.4, 0.5) is 5.69 Å². The van der Waals surface area contributed by atoms with Gasteiger partial charge in [-0.1, -0.05) is 30.3 Å². The third-order valence-electron chi connectivity index (χ3n) is 2.36. The van der Waals surface area contributed by atoms with Crippen molar-refractivity contribution in [3.05, 3.63) is 60.2 Å². The Morgan fingerprint density at radius 1 is 1.00 bits per heavy atom. The van der Waals surface area contributed by atoms with Crippen molar-refractivity contribution in [3.63, 3.8) is 0 Å². The molecular weight excluding hydrogens is 264 g/mol. The molecule has 0 fully saturated rings. The summed E-state index contributed by atoms with van der Waals surface area (Å²) in [6.45, 7) is 0. The Balaban J connectivity index is 2.03. The fourth-order valence-electron chi connectivity index (χ4n) is 1.42. The van der Waals surface area contributed by atoms with Gasteiger partial charge in [0.1, 0.15) is 0 Å². The van der Waals surface area contributed by atoms with Gasteiger partial charge >= 0.3 is 0 Å².